The number of carbonyl (C=O) groups is 2. The van der Waals surface area contributed by atoms with E-state index in [1.807, 2.05) is 20.8 Å². The van der Waals surface area contributed by atoms with Crippen LogP contribution in [0, 0.1) is 0 Å². The number of ether oxygens (including phenoxy) is 1. The Balaban J connectivity index is 3.32. The molecule has 0 atom stereocenters. The molecule has 1 aromatic heterocycles. The molecule has 1 rings (SSSR count). The number of rotatable bonds is 2. The number of methoxy groups -OCH3 is 1. The lowest BCUT2D eigenvalue weighted by Crippen LogP contribution is -2.12. The summed E-state index contributed by atoms with van der Waals surface area (Å²) in [7, 11) is 1.28. The number of carbonyl (C=O) groups excluding carboxylic acids is 2. The van der Waals surface area contributed by atoms with Gasteiger partial charge in [-0.3, -0.25) is 4.79 Å². The molecule has 0 aliphatic rings. The van der Waals surface area contributed by atoms with E-state index >= 15 is 0 Å². The van der Waals surface area contributed by atoms with Crippen LogP contribution in [0.25, 0.3) is 0 Å². The Morgan fingerprint density at radius 2 is 1.88 bits per heavy atom. The summed E-state index contributed by atoms with van der Waals surface area (Å²) in [5.74, 6) is -0.717. The molecule has 0 saturated carbocycles. The first-order chi connectivity index (χ1) is 7.27. The van der Waals surface area contributed by atoms with E-state index in [4.69, 9.17) is 0 Å². The van der Waals surface area contributed by atoms with E-state index in [1.165, 1.54) is 25.4 Å². The molecule has 1 heterocycles. The summed E-state index contributed by atoms with van der Waals surface area (Å²) >= 11 is 1.26. The second-order valence-electron chi connectivity index (χ2n) is 4.49. The zero-order valence-corrected chi connectivity index (χ0v) is 10.9. The van der Waals surface area contributed by atoms with Gasteiger partial charge in [-0.05, 0) is 0 Å². The van der Waals surface area contributed by atoms with E-state index in [1.54, 1.807) is 0 Å². The predicted octanol–water partition coefficient (Wildman–Crippen LogP) is 2.43. The Bertz CT molecular complexity index is 429. The maximum absolute atomic E-state index is 11.4. The lowest BCUT2D eigenvalue weighted by molar-refractivity contribution is 0.0591. The first kappa shape index (κ1) is 12.8. The van der Waals surface area contributed by atoms with E-state index in [-0.39, 0.29) is 16.9 Å². The number of esters is 1. The molecule has 1 aromatic rings. The summed E-state index contributed by atoms with van der Waals surface area (Å²) < 4.78 is 4.61. The fraction of sp³-hybridized carbons (Fsp3) is 0.545. The minimum atomic E-state index is -0.558. The quantitative estimate of drug-likeness (QED) is 0.589. The summed E-state index contributed by atoms with van der Waals surface area (Å²) in [5, 5.41) is 0.762. The molecule has 0 amide bonds. The van der Waals surface area contributed by atoms with E-state index in [0.29, 0.717) is 4.88 Å². The summed E-state index contributed by atoms with van der Waals surface area (Å²) in [5.41, 5.74) is -0.0499. The number of ketones is 1. The molecule has 0 aliphatic heterocycles. The van der Waals surface area contributed by atoms with Gasteiger partial charge in [0.2, 0.25) is 0 Å². The van der Waals surface area contributed by atoms with Gasteiger partial charge in [0.1, 0.15) is 4.88 Å². The average molecular weight is 241 g/mol. The number of aromatic nitrogens is 1. The molecule has 0 unspecified atom stereocenters. The molecular weight excluding hydrogens is 226 g/mol. The number of Topliss-reactive ketones (excluding diaryl/α,β-unsaturated/α-hetero) is 1. The summed E-state index contributed by atoms with van der Waals surface area (Å²) in [4.78, 5) is 27.4. The maximum atomic E-state index is 11.4. The maximum Gasteiger partial charge on any atom is 0.358 e. The SMILES string of the molecule is COC(=O)c1nc(C(C)(C)C)sc1C(C)=O. The minimum absolute atomic E-state index is 0.130. The standard InChI is InChI=1S/C11H15NO3S/c1-6(13)8-7(9(14)15-5)12-10(16-8)11(2,3)4/h1-5H3. The molecule has 0 N–H and O–H groups in total. The molecule has 5 heteroatoms. The molecule has 0 fully saturated rings. The summed E-state index contributed by atoms with van der Waals surface area (Å²) in [6.07, 6.45) is 0. The van der Waals surface area contributed by atoms with Crippen LogP contribution in [0.2, 0.25) is 0 Å². The van der Waals surface area contributed by atoms with Gasteiger partial charge in [-0.15, -0.1) is 11.3 Å². The van der Waals surface area contributed by atoms with Crippen molar-refractivity contribution in [2.45, 2.75) is 33.1 Å². The highest BCUT2D eigenvalue weighted by Crippen LogP contribution is 2.29. The Morgan fingerprint density at radius 3 is 2.25 bits per heavy atom. The molecule has 4 nitrogen and oxygen atoms in total. The Kier molecular flexibility index (Phi) is 3.48. The van der Waals surface area contributed by atoms with Crippen molar-refractivity contribution >= 4 is 23.1 Å². The molecule has 0 aromatic carbocycles. The molecule has 0 radical (unpaired) electrons. The topological polar surface area (TPSA) is 56.3 Å². The smallest absolute Gasteiger partial charge is 0.358 e. The van der Waals surface area contributed by atoms with Crippen LogP contribution in [0.5, 0.6) is 0 Å². The van der Waals surface area contributed by atoms with Crippen molar-refractivity contribution in [1.82, 2.24) is 4.98 Å². The average Bonchev–Trinajstić information content (AvgIpc) is 2.60. The fourth-order valence-electron chi connectivity index (χ4n) is 1.11. The van der Waals surface area contributed by atoms with Gasteiger partial charge in [-0.25, -0.2) is 9.78 Å². The molecule has 0 saturated heterocycles. The van der Waals surface area contributed by atoms with E-state index in [2.05, 4.69) is 9.72 Å². The van der Waals surface area contributed by atoms with Gasteiger partial charge in [-0.2, -0.15) is 0 Å². The summed E-state index contributed by atoms with van der Waals surface area (Å²) in [6.45, 7) is 7.37. The second kappa shape index (κ2) is 4.33. The lowest BCUT2D eigenvalue weighted by atomic mass is 9.98. The molecule has 16 heavy (non-hydrogen) atoms. The highest BCUT2D eigenvalue weighted by molar-refractivity contribution is 7.14. The zero-order valence-electron chi connectivity index (χ0n) is 10.1. The Labute approximate surface area is 98.6 Å². The molecular formula is C11H15NO3S. The highest BCUT2D eigenvalue weighted by atomic mass is 32.1. The predicted molar refractivity (Wildman–Crippen MR) is 62.2 cm³/mol. The van der Waals surface area contributed by atoms with Gasteiger partial charge in [0.15, 0.2) is 11.5 Å². The van der Waals surface area contributed by atoms with Crippen molar-refractivity contribution in [2.75, 3.05) is 7.11 Å². The molecule has 88 valence electrons. The van der Waals surface area contributed by atoms with Crippen LogP contribution in [-0.2, 0) is 10.2 Å². The Morgan fingerprint density at radius 1 is 1.31 bits per heavy atom. The van der Waals surface area contributed by atoms with Crippen LogP contribution in [-0.4, -0.2) is 23.8 Å². The summed E-state index contributed by atoms with van der Waals surface area (Å²) in [6, 6.07) is 0. The monoisotopic (exact) mass is 241 g/mol. The Hall–Kier alpha value is -1.23. The van der Waals surface area contributed by atoms with Crippen LogP contribution < -0.4 is 0 Å². The van der Waals surface area contributed by atoms with E-state index < -0.39 is 5.97 Å². The second-order valence-corrected chi connectivity index (χ2v) is 5.49. The zero-order chi connectivity index (χ0) is 12.5. The number of hydrogen-bond donors (Lipinski definition) is 0. The molecule has 0 bridgehead atoms. The third-order valence-corrected chi connectivity index (χ3v) is 3.55. The van der Waals surface area contributed by atoms with Crippen LogP contribution in [0.15, 0.2) is 0 Å². The van der Waals surface area contributed by atoms with Crippen molar-refractivity contribution < 1.29 is 14.3 Å². The first-order valence-electron chi connectivity index (χ1n) is 4.88. The largest absolute Gasteiger partial charge is 0.464 e. The van der Waals surface area contributed by atoms with Crippen molar-refractivity contribution in [3.05, 3.63) is 15.6 Å². The van der Waals surface area contributed by atoms with Crippen molar-refractivity contribution in [2.24, 2.45) is 0 Å². The van der Waals surface area contributed by atoms with Gasteiger partial charge in [0, 0.05) is 12.3 Å². The molecule has 0 spiro atoms. The molecule has 0 aliphatic carbocycles. The van der Waals surface area contributed by atoms with Gasteiger partial charge in [0.05, 0.1) is 12.1 Å². The van der Waals surface area contributed by atoms with Crippen LogP contribution in [0.1, 0.15) is 52.9 Å². The normalized spacial score (nSPS) is 11.3. The van der Waals surface area contributed by atoms with Crippen molar-refractivity contribution in [1.29, 1.82) is 0 Å². The van der Waals surface area contributed by atoms with Gasteiger partial charge < -0.3 is 4.74 Å². The van der Waals surface area contributed by atoms with E-state index in [0.717, 1.165) is 5.01 Å². The van der Waals surface area contributed by atoms with Crippen molar-refractivity contribution in [3.8, 4) is 0 Å². The number of thiazole rings is 1. The third kappa shape index (κ3) is 2.47. The number of hydrogen-bond acceptors (Lipinski definition) is 5. The fourth-order valence-corrected chi connectivity index (χ4v) is 2.12. The van der Waals surface area contributed by atoms with Gasteiger partial charge in [-0.1, -0.05) is 20.8 Å². The van der Waals surface area contributed by atoms with Crippen LogP contribution in [0.4, 0.5) is 0 Å². The van der Waals surface area contributed by atoms with Gasteiger partial charge >= 0.3 is 5.97 Å². The third-order valence-electron chi connectivity index (χ3n) is 1.97. The van der Waals surface area contributed by atoms with Gasteiger partial charge in [0.25, 0.3) is 0 Å². The highest BCUT2D eigenvalue weighted by Gasteiger charge is 2.26. The minimum Gasteiger partial charge on any atom is -0.464 e. The van der Waals surface area contributed by atoms with Crippen LogP contribution >= 0.6 is 11.3 Å². The van der Waals surface area contributed by atoms with Crippen molar-refractivity contribution in [3.63, 3.8) is 0 Å². The number of nitrogens with zero attached hydrogens (tertiary/aromatic N) is 1. The first-order valence-corrected chi connectivity index (χ1v) is 5.69. The van der Waals surface area contributed by atoms with Crippen LogP contribution in [0.3, 0.4) is 0 Å². The van der Waals surface area contributed by atoms with E-state index in [9.17, 15) is 9.59 Å². The lowest BCUT2D eigenvalue weighted by Gasteiger charge is -2.13.